The lowest BCUT2D eigenvalue weighted by Crippen LogP contribution is -2.35. The van der Waals surface area contributed by atoms with Gasteiger partial charge in [0.1, 0.15) is 0 Å². The highest BCUT2D eigenvalue weighted by atomic mass is 32.2. The van der Waals surface area contributed by atoms with Crippen LogP contribution in [-0.2, 0) is 21.0 Å². The second-order valence-electron chi connectivity index (χ2n) is 10.1. The van der Waals surface area contributed by atoms with Gasteiger partial charge in [-0.2, -0.15) is 0 Å². The summed E-state index contributed by atoms with van der Waals surface area (Å²) < 4.78 is 0. The van der Waals surface area contributed by atoms with Gasteiger partial charge in [-0.25, -0.2) is 4.79 Å². The SMILES string of the molecule is CC1(C)CCC(C)(C)c2cc(C3(C)CSc4ccc(/C=C/C(=O)O)cc43)ccc21. The van der Waals surface area contributed by atoms with Crippen LogP contribution in [0.4, 0.5) is 0 Å². The van der Waals surface area contributed by atoms with Crippen molar-refractivity contribution >= 4 is 23.8 Å². The maximum atomic E-state index is 10.9. The smallest absolute Gasteiger partial charge is 0.328 e. The van der Waals surface area contributed by atoms with Crippen LogP contribution >= 0.6 is 11.8 Å². The molecule has 1 heterocycles. The van der Waals surface area contributed by atoms with E-state index < -0.39 is 5.97 Å². The van der Waals surface area contributed by atoms with Crippen molar-refractivity contribution in [2.24, 2.45) is 0 Å². The van der Waals surface area contributed by atoms with Gasteiger partial charge in [-0.05, 0) is 69.7 Å². The monoisotopic (exact) mass is 406 g/mol. The van der Waals surface area contributed by atoms with Crippen LogP contribution < -0.4 is 0 Å². The maximum Gasteiger partial charge on any atom is 0.328 e. The zero-order chi connectivity index (χ0) is 21.0. The van der Waals surface area contributed by atoms with Gasteiger partial charge in [-0.15, -0.1) is 11.8 Å². The first-order chi connectivity index (χ1) is 13.5. The summed E-state index contributed by atoms with van der Waals surface area (Å²) in [5.74, 6) is 0.0963. The summed E-state index contributed by atoms with van der Waals surface area (Å²) in [7, 11) is 0. The normalized spacial score (nSPS) is 24.3. The van der Waals surface area contributed by atoms with Gasteiger partial charge in [-0.1, -0.05) is 58.9 Å². The third-order valence-corrected chi connectivity index (χ3v) is 8.41. The number of carboxylic acids is 1. The van der Waals surface area contributed by atoms with Crippen LogP contribution in [0.25, 0.3) is 6.08 Å². The number of hydrogen-bond acceptors (Lipinski definition) is 2. The van der Waals surface area contributed by atoms with Crippen molar-refractivity contribution in [1.29, 1.82) is 0 Å². The molecule has 2 nitrogen and oxygen atoms in total. The van der Waals surface area contributed by atoms with Crippen LogP contribution in [0.2, 0.25) is 0 Å². The molecule has 1 unspecified atom stereocenters. The number of aliphatic carboxylic acids is 1. The molecule has 0 aromatic heterocycles. The van der Waals surface area contributed by atoms with Gasteiger partial charge in [0.15, 0.2) is 0 Å². The Morgan fingerprint density at radius 2 is 1.62 bits per heavy atom. The molecule has 2 aromatic carbocycles. The molecule has 0 bridgehead atoms. The number of carbonyl (C=O) groups is 1. The zero-order valence-electron chi connectivity index (χ0n) is 18.0. The van der Waals surface area contributed by atoms with E-state index in [1.165, 1.54) is 46.1 Å². The number of rotatable bonds is 3. The highest BCUT2D eigenvalue weighted by Crippen LogP contribution is 2.51. The van der Waals surface area contributed by atoms with Crippen molar-refractivity contribution in [2.45, 2.75) is 68.6 Å². The molecule has 0 spiro atoms. The van der Waals surface area contributed by atoms with E-state index in [1.807, 2.05) is 17.8 Å². The Morgan fingerprint density at radius 3 is 2.31 bits per heavy atom. The Morgan fingerprint density at radius 1 is 0.931 bits per heavy atom. The van der Waals surface area contributed by atoms with Crippen molar-refractivity contribution in [1.82, 2.24) is 0 Å². The highest BCUT2D eigenvalue weighted by molar-refractivity contribution is 7.99. The topological polar surface area (TPSA) is 37.3 Å². The summed E-state index contributed by atoms with van der Waals surface area (Å²) in [6.07, 6.45) is 5.33. The third kappa shape index (κ3) is 3.44. The maximum absolute atomic E-state index is 10.9. The first-order valence-electron chi connectivity index (χ1n) is 10.4. The fourth-order valence-electron chi connectivity index (χ4n) is 4.85. The molecule has 1 N–H and O–H groups in total. The number of hydrogen-bond donors (Lipinski definition) is 1. The quantitative estimate of drug-likeness (QED) is 0.588. The second-order valence-corrected chi connectivity index (χ2v) is 11.1. The third-order valence-electron chi connectivity index (χ3n) is 7.02. The van der Waals surface area contributed by atoms with Gasteiger partial charge in [0.2, 0.25) is 0 Å². The molecule has 3 heteroatoms. The van der Waals surface area contributed by atoms with Crippen LogP contribution in [0.3, 0.4) is 0 Å². The van der Waals surface area contributed by atoms with E-state index in [4.69, 9.17) is 5.11 Å². The van der Waals surface area contributed by atoms with Crippen LogP contribution in [0.15, 0.2) is 47.4 Å². The van der Waals surface area contributed by atoms with Crippen molar-refractivity contribution in [3.8, 4) is 0 Å². The fraction of sp³-hybridized carbons (Fsp3) is 0.423. The van der Waals surface area contributed by atoms with Crippen LogP contribution in [0, 0.1) is 0 Å². The Hall–Kier alpha value is -2.00. The van der Waals surface area contributed by atoms with Gasteiger partial charge in [0.05, 0.1) is 0 Å². The molecule has 0 amide bonds. The lowest BCUT2D eigenvalue weighted by Gasteiger charge is -2.42. The molecule has 0 radical (unpaired) electrons. The first-order valence-corrected chi connectivity index (χ1v) is 11.4. The summed E-state index contributed by atoms with van der Waals surface area (Å²) in [4.78, 5) is 12.2. The molecular formula is C26H30O2S. The summed E-state index contributed by atoms with van der Waals surface area (Å²) in [6, 6.07) is 13.5. The minimum absolute atomic E-state index is 0.0697. The average Bonchev–Trinajstić information content (AvgIpc) is 3.01. The van der Waals surface area contributed by atoms with Crippen molar-refractivity contribution in [2.75, 3.05) is 5.75 Å². The predicted molar refractivity (Wildman–Crippen MR) is 122 cm³/mol. The molecule has 0 saturated carbocycles. The molecule has 2 aliphatic rings. The van der Waals surface area contributed by atoms with E-state index in [2.05, 4.69) is 65.0 Å². The number of fused-ring (bicyclic) bond motifs is 2. The van der Waals surface area contributed by atoms with Crippen LogP contribution in [0.5, 0.6) is 0 Å². The van der Waals surface area contributed by atoms with Crippen LogP contribution in [-0.4, -0.2) is 16.8 Å². The predicted octanol–water partition coefficient (Wildman–Crippen LogP) is 6.55. The van der Waals surface area contributed by atoms with E-state index in [-0.39, 0.29) is 16.2 Å². The van der Waals surface area contributed by atoms with Crippen molar-refractivity contribution < 1.29 is 9.90 Å². The van der Waals surface area contributed by atoms with Gasteiger partial charge < -0.3 is 5.11 Å². The van der Waals surface area contributed by atoms with E-state index >= 15 is 0 Å². The van der Waals surface area contributed by atoms with E-state index in [0.29, 0.717) is 0 Å². The lowest BCUT2D eigenvalue weighted by atomic mass is 9.62. The molecule has 0 saturated heterocycles. The van der Waals surface area contributed by atoms with Gasteiger partial charge in [0.25, 0.3) is 0 Å². The summed E-state index contributed by atoms with van der Waals surface area (Å²) >= 11 is 1.90. The number of carboxylic acid groups (broad SMARTS) is 1. The van der Waals surface area contributed by atoms with E-state index in [9.17, 15) is 4.79 Å². The van der Waals surface area contributed by atoms with E-state index in [1.54, 1.807) is 6.08 Å². The van der Waals surface area contributed by atoms with Gasteiger partial charge in [-0.3, -0.25) is 0 Å². The van der Waals surface area contributed by atoms with Gasteiger partial charge >= 0.3 is 5.97 Å². The largest absolute Gasteiger partial charge is 0.478 e. The van der Waals surface area contributed by atoms with Crippen molar-refractivity contribution in [3.05, 3.63) is 70.3 Å². The molecule has 4 rings (SSSR count). The minimum Gasteiger partial charge on any atom is -0.478 e. The summed E-state index contributed by atoms with van der Waals surface area (Å²) in [5.41, 5.74) is 6.95. The minimum atomic E-state index is -0.915. The summed E-state index contributed by atoms with van der Waals surface area (Å²) in [5, 5.41) is 8.96. The standard InChI is InChI=1S/C26H30O2S/c1-24(2)12-13-25(3,4)20-15-18(8-9-19(20)24)26(5)16-29-22-10-6-17(14-21(22)26)7-11-23(27)28/h6-11,14-15H,12-13,16H2,1-5H3,(H,27,28)/b11-7+. The second kappa shape index (κ2) is 6.77. The Labute approximate surface area is 178 Å². The Balaban J connectivity index is 1.81. The molecule has 152 valence electrons. The van der Waals surface area contributed by atoms with Crippen molar-refractivity contribution in [3.63, 3.8) is 0 Å². The zero-order valence-corrected chi connectivity index (χ0v) is 18.8. The molecule has 1 atom stereocenters. The molecule has 0 fully saturated rings. The lowest BCUT2D eigenvalue weighted by molar-refractivity contribution is -0.131. The number of thioether (sulfide) groups is 1. The molecule has 1 aliphatic heterocycles. The first kappa shape index (κ1) is 20.3. The van der Waals surface area contributed by atoms with Crippen LogP contribution in [0.1, 0.15) is 75.3 Å². The Kier molecular flexibility index (Phi) is 4.73. The number of benzene rings is 2. The Bertz CT molecular complexity index is 1020. The molecular weight excluding hydrogens is 376 g/mol. The van der Waals surface area contributed by atoms with E-state index in [0.717, 1.165) is 11.3 Å². The van der Waals surface area contributed by atoms with Gasteiger partial charge in [0, 0.05) is 22.1 Å². The highest BCUT2D eigenvalue weighted by Gasteiger charge is 2.41. The molecule has 2 aromatic rings. The fourth-order valence-corrected chi connectivity index (χ4v) is 6.22. The molecule has 1 aliphatic carbocycles. The summed E-state index contributed by atoms with van der Waals surface area (Å²) in [6.45, 7) is 11.8. The molecule has 29 heavy (non-hydrogen) atoms. The average molecular weight is 407 g/mol.